The van der Waals surface area contributed by atoms with Crippen LogP contribution >= 0.6 is 50.5 Å². The second-order valence-electron chi connectivity index (χ2n) is 4.58. The molecule has 0 aliphatic rings. The summed E-state index contributed by atoms with van der Waals surface area (Å²) in [7, 11) is 0. The molecule has 1 N–H and O–H groups in total. The van der Waals surface area contributed by atoms with Crippen molar-refractivity contribution in [1.82, 2.24) is 0 Å². The molecule has 1 aromatic carbocycles. The highest BCUT2D eigenvalue weighted by Gasteiger charge is 2.15. The zero-order chi connectivity index (χ0) is 14.2. The molecule has 0 spiro atoms. The summed E-state index contributed by atoms with van der Waals surface area (Å²) in [5, 5.41) is 3.49. The van der Waals surface area contributed by atoms with Gasteiger partial charge in [0.1, 0.15) is 0 Å². The fourth-order valence-electron chi connectivity index (χ4n) is 2.04. The van der Waals surface area contributed by atoms with Gasteiger partial charge in [0.15, 0.2) is 0 Å². The summed E-state index contributed by atoms with van der Waals surface area (Å²) in [6.45, 7) is 6.26. The summed E-state index contributed by atoms with van der Waals surface area (Å²) in [4.78, 5) is 0. The molecule has 0 bridgehead atoms. The smallest absolute Gasteiger partial charge is 0.0996 e. The van der Waals surface area contributed by atoms with Crippen molar-refractivity contribution < 1.29 is 0 Å². The van der Waals surface area contributed by atoms with E-state index in [1.54, 1.807) is 0 Å². The summed E-state index contributed by atoms with van der Waals surface area (Å²) in [6.07, 6.45) is 0. The molecule has 102 valence electrons. The summed E-state index contributed by atoms with van der Waals surface area (Å²) < 4.78 is 2.52. The van der Waals surface area contributed by atoms with Crippen LogP contribution in [0.25, 0.3) is 0 Å². The van der Waals surface area contributed by atoms with E-state index in [0.29, 0.717) is 4.34 Å². The average molecular weight is 379 g/mol. The van der Waals surface area contributed by atoms with Gasteiger partial charge in [0.2, 0.25) is 0 Å². The van der Waals surface area contributed by atoms with Gasteiger partial charge in [-0.1, -0.05) is 29.3 Å². The van der Waals surface area contributed by atoms with Crippen LogP contribution in [0.4, 0.5) is 5.69 Å². The van der Waals surface area contributed by atoms with Crippen molar-refractivity contribution in [2.75, 3.05) is 5.32 Å². The summed E-state index contributed by atoms with van der Waals surface area (Å²) in [5.41, 5.74) is 4.57. The number of benzene rings is 1. The Labute approximate surface area is 136 Å². The van der Waals surface area contributed by atoms with Gasteiger partial charge in [-0.05, 0) is 60.0 Å². The van der Waals surface area contributed by atoms with Crippen LogP contribution in [0.1, 0.15) is 29.7 Å². The fourth-order valence-corrected chi connectivity index (χ4v) is 4.47. The van der Waals surface area contributed by atoms with Gasteiger partial charge in [-0.25, -0.2) is 0 Å². The summed E-state index contributed by atoms with van der Waals surface area (Å²) in [5.74, 6) is 0. The number of nitrogens with one attached hydrogen (secondary N) is 1. The minimum atomic E-state index is 0.106. The molecule has 1 nitrogen and oxygen atoms in total. The minimum absolute atomic E-state index is 0.106. The Bertz CT molecular complexity index is 586. The largest absolute Gasteiger partial charge is 0.377 e. The molecule has 0 aliphatic carbocycles. The molecule has 0 saturated carbocycles. The highest BCUT2D eigenvalue weighted by atomic mass is 79.9. The zero-order valence-corrected chi connectivity index (χ0v) is 14.8. The van der Waals surface area contributed by atoms with Gasteiger partial charge in [-0.2, -0.15) is 0 Å². The Kier molecular flexibility index (Phi) is 4.83. The molecule has 0 saturated heterocycles. The lowest BCUT2D eigenvalue weighted by molar-refractivity contribution is 0.887. The lowest BCUT2D eigenvalue weighted by Crippen LogP contribution is -2.08. The molecular weight excluding hydrogens is 365 g/mol. The number of halogens is 3. The molecule has 0 amide bonds. The van der Waals surface area contributed by atoms with Crippen LogP contribution in [0.3, 0.4) is 0 Å². The number of hydrogen-bond acceptors (Lipinski definition) is 2. The van der Waals surface area contributed by atoms with Crippen LogP contribution in [0.15, 0.2) is 22.7 Å². The molecule has 0 aliphatic heterocycles. The first-order chi connectivity index (χ1) is 8.88. The molecular formula is C14H14BrCl2NS. The number of hydrogen-bond donors (Lipinski definition) is 1. The van der Waals surface area contributed by atoms with Crippen LogP contribution in [-0.4, -0.2) is 0 Å². The maximum atomic E-state index is 6.19. The Hall–Kier alpha value is -0.220. The Morgan fingerprint density at radius 3 is 2.42 bits per heavy atom. The summed E-state index contributed by atoms with van der Waals surface area (Å²) in [6, 6.07) is 6.28. The van der Waals surface area contributed by atoms with Crippen LogP contribution in [0.2, 0.25) is 8.67 Å². The van der Waals surface area contributed by atoms with E-state index >= 15 is 0 Å². The second kappa shape index (κ2) is 6.04. The lowest BCUT2D eigenvalue weighted by Gasteiger charge is -2.18. The van der Waals surface area contributed by atoms with Gasteiger partial charge >= 0.3 is 0 Å². The van der Waals surface area contributed by atoms with Crippen LogP contribution < -0.4 is 5.32 Å². The van der Waals surface area contributed by atoms with Crippen molar-refractivity contribution in [3.05, 3.63) is 48.0 Å². The van der Waals surface area contributed by atoms with E-state index in [9.17, 15) is 0 Å². The molecule has 1 unspecified atom stereocenters. The summed E-state index contributed by atoms with van der Waals surface area (Å²) >= 11 is 17.2. The van der Waals surface area contributed by atoms with Crippen LogP contribution in [-0.2, 0) is 0 Å². The van der Waals surface area contributed by atoms with Gasteiger partial charge in [0.05, 0.1) is 20.4 Å². The van der Waals surface area contributed by atoms with Gasteiger partial charge in [-0.3, -0.25) is 0 Å². The Balaban J connectivity index is 2.29. The van der Waals surface area contributed by atoms with E-state index < -0.39 is 0 Å². The van der Waals surface area contributed by atoms with E-state index in [1.165, 1.54) is 22.5 Å². The third kappa shape index (κ3) is 3.46. The zero-order valence-electron chi connectivity index (χ0n) is 10.9. The molecule has 1 heterocycles. The Morgan fingerprint density at radius 2 is 1.89 bits per heavy atom. The Morgan fingerprint density at radius 1 is 1.21 bits per heavy atom. The predicted octanol–water partition coefficient (Wildman–Crippen LogP) is 6.61. The van der Waals surface area contributed by atoms with Gasteiger partial charge in [0, 0.05) is 10.0 Å². The van der Waals surface area contributed by atoms with E-state index in [4.69, 9.17) is 23.2 Å². The standard InChI is InChI=1S/C14H14BrCl2NS/c1-7-4-8(2)13(11(15)5-7)18-9(3)10-6-12(16)19-14(10)17/h4-6,9,18H,1-3H3. The van der Waals surface area contributed by atoms with E-state index in [-0.39, 0.29) is 6.04 Å². The third-order valence-corrected chi connectivity index (χ3v) is 5.09. The van der Waals surface area contributed by atoms with Crippen LogP contribution in [0, 0.1) is 13.8 Å². The number of rotatable bonds is 3. The van der Waals surface area contributed by atoms with Crippen molar-refractivity contribution in [3.63, 3.8) is 0 Å². The molecule has 0 fully saturated rings. The molecule has 19 heavy (non-hydrogen) atoms. The molecule has 5 heteroatoms. The topological polar surface area (TPSA) is 12.0 Å². The van der Waals surface area contributed by atoms with E-state index in [2.05, 4.69) is 54.2 Å². The lowest BCUT2D eigenvalue weighted by atomic mass is 10.1. The predicted molar refractivity (Wildman–Crippen MR) is 90.0 cm³/mol. The van der Waals surface area contributed by atoms with Crippen LogP contribution in [0.5, 0.6) is 0 Å². The van der Waals surface area contributed by atoms with Crippen molar-refractivity contribution in [3.8, 4) is 0 Å². The average Bonchev–Trinajstić information content (AvgIpc) is 2.62. The van der Waals surface area contributed by atoms with Crippen molar-refractivity contribution in [2.24, 2.45) is 0 Å². The fraction of sp³-hybridized carbons (Fsp3) is 0.286. The molecule has 1 atom stereocenters. The first-order valence-corrected chi connectivity index (χ1v) is 8.23. The number of aryl methyl sites for hydroxylation is 2. The van der Waals surface area contributed by atoms with Crippen molar-refractivity contribution in [1.29, 1.82) is 0 Å². The monoisotopic (exact) mass is 377 g/mol. The minimum Gasteiger partial charge on any atom is -0.377 e. The number of anilines is 1. The maximum absolute atomic E-state index is 6.19. The molecule has 0 radical (unpaired) electrons. The quantitative estimate of drug-likeness (QED) is 0.633. The first kappa shape index (κ1) is 15.2. The molecule has 1 aromatic heterocycles. The first-order valence-electron chi connectivity index (χ1n) is 5.86. The van der Waals surface area contributed by atoms with Gasteiger partial charge in [0.25, 0.3) is 0 Å². The second-order valence-corrected chi connectivity index (χ2v) is 7.72. The van der Waals surface area contributed by atoms with Crippen molar-refractivity contribution in [2.45, 2.75) is 26.8 Å². The van der Waals surface area contributed by atoms with Gasteiger partial charge < -0.3 is 5.32 Å². The normalized spacial score (nSPS) is 12.5. The maximum Gasteiger partial charge on any atom is 0.0996 e. The molecule has 2 rings (SSSR count). The third-order valence-electron chi connectivity index (χ3n) is 2.94. The SMILES string of the molecule is Cc1cc(C)c(NC(C)c2cc(Cl)sc2Cl)c(Br)c1. The van der Waals surface area contributed by atoms with E-state index in [0.717, 1.165) is 20.1 Å². The van der Waals surface area contributed by atoms with Crippen molar-refractivity contribution >= 4 is 56.2 Å². The molecule has 2 aromatic rings. The highest BCUT2D eigenvalue weighted by Crippen LogP contribution is 2.37. The number of thiophene rings is 1. The van der Waals surface area contributed by atoms with Gasteiger partial charge in [-0.15, -0.1) is 11.3 Å². The highest BCUT2D eigenvalue weighted by molar-refractivity contribution is 9.10. The van der Waals surface area contributed by atoms with E-state index in [1.807, 2.05) is 6.07 Å².